The molecule has 0 spiro atoms. The monoisotopic (exact) mass is 320 g/mol. The number of carbonyl (C=O) groups is 1. The van der Waals surface area contributed by atoms with Gasteiger partial charge in [0, 0.05) is 29.8 Å². The Morgan fingerprint density at radius 1 is 1.12 bits per heavy atom. The molecule has 1 amide bonds. The van der Waals surface area contributed by atoms with Gasteiger partial charge in [-0.1, -0.05) is 24.3 Å². The van der Waals surface area contributed by atoms with Crippen LogP contribution >= 0.6 is 0 Å². The van der Waals surface area contributed by atoms with Gasteiger partial charge in [-0.25, -0.2) is 9.37 Å². The molecule has 120 valence electrons. The maximum absolute atomic E-state index is 13.1. The van der Waals surface area contributed by atoms with Gasteiger partial charge in [0.25, 0.3) is 0 Å². The molecule has 1 saturated heterocycles. The van der Waals surface area contributed by atoms with Crippen LogP contribution in [0, 0.1) is 23.6 Å². The summed E-state index contributed by atoms with van der Waals surface area (Å²) in [5.41, 5.74) is 1.38. The highest BCUT2D eigenvalue weighted by atomic mass is 19.1. The van der Waals surface area contributed by atoms with E-state index in [0.29, 0.717) is 29.8 Å². The number of anilines is 1. The third-order valence-electron chi connectivity index (χ3n) is 4.83. The summed E-state index contributed by atoms with van der Waals surface area (Å²) < 4.78 is 13.1. The number of pyridine rings is 1. The molecular formula is C20H17FN2O. The lowest BCUT2D eigenvalue weighted by Crippen LogP contribution is -2.33. The number of rotatable bonds is 1. The normalized spacial score (nSPS) is 22.2. The number of carbonyl (C=O) groups excluding carboxylic acids is 1. The topological polar surface area (TPSA) is 33.2 Å². The molecule has 0 bridgehead atoms. The van der Waals surface area contributed by atoms with Gasteiger partial charge in [-0.15, -0.1) is 0 Å². The fraction of sp³-hybridized carbons (Fsp3) is 0.300. The van der Waals surface area contributed by atoms with E-state index in [1.807, 2.05) is 17.0 Å². The molecular weight excluding hydrogens is 303 g/mol. The van der Waals surface area contributed by atoms with Gasteiger partial charge < -0.3 is 0 Å². The zero-order valence-corrected chi connectivity index (χ0v) is 13.2. The Labute approximate surface area is 140 Å². The maximum atomic E-state index is 13.1. The number of nitrogens with zero attached hydrogens (tertiary/aromatic N) is 2. The summed E-state index contributed by atoms with van der Waals surface area (Å²) in [5, 5.41) is 0. The van der Waals surface area contributed by atoms with Crippen LogP contribution in [0.5, 0.6) is 0 Å². The third-order valence-corrected chi connectivity index (χ3v) is 4.83. The van der Waals surface area contributed by atoms with Crippen LogP contribution in [0.3, 0.4) is 0 Å². The van der Waals surface area contributed by atoms with Crippen molar-refractivity contribution in [1.29, 1.82) is 0 Å². The molecule has 4 heteroatoms. The number of fused-ring (bicyclic) bond motifs is 1. The summed E-state index contributed by atoms with van der Waals surface area (Å²) in [5.74, 6) is 6.99. The van der Waals surface area contributed by atoms with Crippen LogP contribution in [-0.2, 0) is 4.79 Å². The number of benzene rings is 1. The second-order valence-electron chi connectivity index (χ2n) is 6.39. The summed E-state index contributed by atoms with van der Waals surface area (Å²) in [6.07, 6.45) is 5.73. The summed E-state index contributed by atoms with van der Waals surface area (Å²) in [6, 6.07) is 10.2. The molecule has 0 radical (unpaired) electrons. The molecule has 24 heavy (non-hydrogen) atoms. The minimum absolute atomic E-state index is 0.177. The molecule has 2 heterocycles. The first-order valence-electron chi connectivity index (χ1n) is 8.26. The van der Waals surface area contributed by atoms with Crippen molar-refractivity contribution in [2.45, 2.75) is 31.7 Å². The molecule has 1 aromatic heterocycles. The number of halogens is 1. The van der Waals surface area contributed by atoms with E-state index < -0.39 is 0 Å². The third kappa shape index (κ3) is 2.78. The summed E-state index contributed by atoms with van der Waals surface area (Å²) in [4.78, 5) is 18.5. The summed E-state index contributed by atoms with van der Waals surface area (Å²) >= 11 is 0. The Hall–Kier alpha value is -2.67. The van der Waals surface area contributed by atoms with Crippen LogP contribution in [0.1, 0.15) is 36.8 Å². The Morgan fingerprint density at radius 3 is 2.79 bits per heavy atom. The molecule has 1 aliphatic heterocycles. The van der Waals surface area contributed by atoms with Gasteiger partial charge in [-0.05, 0) is 49.1 Å². The van der Waals surface area contributed by atoms with Crippen LogP contribution in [-0.4, -0.2) is 16.9 Å². The highest BCUT2D eigenvalue weighted by Gasteiger charge is 2.43. The van der Waals surface area contributed by atoms with Crippen molar-refractivity contribution >= 4 is 11.7 Å². The van der Waals surface area contributed by atoms with Crippen molar-refractivity contribution in [2.24, 2.45) is 5.92 Å². The van der Waals surface area contributed by atoms with Crippen LogP contribution in [0.2, 0.25) is 0 Å². The van der Waals surface area contributed by atoms with E-state index >= 15 is 0 Å². The van der Waals surface area contributed by atoms with Crippen molar-refractivity contribution in [1.82, 2.24) is 4.98 Å². The van der Waals surface area contributed by atoms with Gasteiger partial charge in [0.1, 0.15) is 11.6 Å². The van der Waals surface area contributed by atoms with E-state index in [-0.39, 0.29) is 11.7 Å². The molecule has 2 atom stereocenters. The second-order valence-corrected chi connectivity index (χ2v) is 6.39. The summed E-state index contributed by atoms with van der Waals surface area (Å²) in [6.45, 7) is 0. The van der Waals surface area contributed by atoms with Gasteiger partial charge >= 0.3 is 0 Å². The van der Waals surface area contributed by atoms with Gasteiger partial charge in [0.2, 0.25) is 5.91 Å². The number of amides is 1. The molecule has 1 saturated carbocycles. The molecule has 0 N–H and O–H groups in total. The predicted octanol–water partition coefficient (Wildman–Crippen LogP) is 3.53. The first kappa shape index (κ1) is 14.9. The molecule has 2 aliphatic rings. The van der Waals surface area contributed by atoms with E-state index in [9.17, 15) is 9.18 Å². The van der Waals surface area contributed by atoms with Crippen LogP contribution in [0.15, 0.2) is 42.6 Å². The van der Waals surface area contributed by atoms with Gasteiger partial charge in [-0.3, -0.25) is 9.69 Å². The molecule has 2 fully saturated rings. The number of hydrogen-bond donors (Lipinski definition) is 0. The SMILES string of the molecule is O=C1CC2CCC[C@H]2N1c1ccc(C#Cc2cccc(F)c2)cn1. The smallest absolute Gasteiger partial charge is 0.228 e. The molecule has 1 aliphatic carbocycles. The van der Waals surface area contributed by atoms with Crippen LogP contribution in [0.25, 0.3) is 0 Å². The Bertz CT molecular complexity index is 835. The van der Waals surface area contributed by atoms with Crippen molar-refractivity contribution in [3.8, 4) is 11.8 Å². The van der Waals surface area contributed by atoms with Crippen molar-refractivity contribution in [3.05, 3.63) is 59.5 Å². The standard InChI is InChI=1S/C20H17FN2O/c21-17-5-1-3-14(11-17)7-8-15-9-10-19(22-13-15)23-18-6-2-4-16(18)12-20(23)24/h1,3,5,9-11,13,16,18H,2,4,6,12H2/t16?,18-/m1/s1. The minimum Gasteiger partial charge on any atom is -0.293 e. The van der Waals surface area contributed by atoms with Crippen LogP contribution < -0.4 is 4.90 Å². The van der Waals surface area contributed by atoms with Crippen molar-refractivity contribution in [3.63, 3.8) is 0 Å². The first-order valence-corrected chi connectivity index (χ1v) is 8.26. The van der Waals surface area contributed by atoms with Gasteiger partial charge in [-0.2, -0.15) is 0 Å². The average molecular weight is 320 g/mol. The average Bonchev–Trinajstić information content (AvgIpc) is 3.14. The van der Waals surface area contributed by atoms with Crippen LogP contribution in [0.4, 0.5) is 10.2 Å². The highest BCUT2D eigenvalue weighted by Crippen LogP contribution is 2.40. The van der Waals surface area contributed by atoms with E-state index in [0.717, 1.165) is 18.4 Å². The Balaban J connectivity index is 1.54. The lowest BCUT2D eigenvalue weighted by atomic mass is 10.0. The molecule has 4 rings (SSSR count). The van der Waals surface area contributed by atoms with Crippen molar-refractivity contribution < 1.29 is 9.18 Å². The Kier molecular flexibility index (Phi) is 3.78. The molecule has 2 aromatic rings. The maximum Gasteiger partial charge on any atom is 0.228 e. The largest absolute Gasteiger partial charge is 0.293 e. The van der Waals surface area contributed by atoms with E-state index in [1.165, 1.54) is 18.6 Å². The minimum atomic E-state index is -0.297. The fourth-order valence-electron chi connectivity index (χ4n) is 3.71. The molecule has 3 nitrogen and oxygen atoms in total. The lowest BCUT2D eigenvalue weighted by molar-refractivity contribution is -0.117. The number of aromatic nitrogens is 1. The first-order chi connectivity index (χ1) is 11.7. The molecule has 1 aromatic carbocycles. The quantitative estimate of drug-likeness (QED) is 0.753. The van der Waals surface area contributed by atoms with E-state index in [4.69, 9.17) is 0 Å². The second kappa shape index (κ2) is 6.09. The zero-order chi connectivity index (χ0) is 16.5. The lowest BCUT2D eigenvalue weighted by Gasteiger charge is -2.22. The summed E-state index contributed by atoms with van der Waals surface area (Å²) in [7, 11) is 0. The number of hydrogen-bond acceptors (Lipinski definition) is 2. The zero-order valence-electron chi connectivity index (χ0n) is 13.2. The van der Waals surface area contributed by atoms with Crippen molar-refractivity contribution in [2.75, 3.05) is 4.90 Å². The molecule has 1 unspecified atom stereocenters. The fourth-order valence-corrected chi connectivity index (χ4v) is 3.71. The van der Waals surface area contributed by atoms with Gasteiger partial charge in [0.15, 0.2) is 0 Å². The van der Waals surface area contributed by atoms with E-state index in [2.05, 4.69) is 16.8 Å². The van der Waals surface area contributed by atoms with Gasteiger partial charge in [0.05, 0.1) is 0 Å². The highest BCUT2D eigenvalue weighted by molar-refractivity contribution is 5.95. The Morgan fingerprint density at radius 2 is 2.00 bits per heavy atom. The predicted molar refractivity (Wildman–Crippen MR) is 89.8 cm³/mol. The van der Waals surface area contributed by atoms with E-state index in [1.54, 1.807) is 18.3 Å².